The van der Waals surface area contributed by atoms with Crippen molar-refractivity contribution in [3.8, 4) is 33.8 Å². The summed E-state index contributed by atoms with van der Waals surface area (Å²) in [6.45, 7) is 35.7. The molecule has 3 aromatic heterocycles. The van der Waals surface area contributed by atoms with E-state index in [1.165, 1.54) is 86.1 Å². The molecule has 0 bridgehead atoms. The number of nitrogens with one attached hydrogen (secondary N) is 1. The van der Waals surface area contributed by atoms with Crippen LogP contribution < -0.4 is 0 Å². The first kappa shape index (κ1) is 71.3. The molecular formula is C72H115N13O4. The van der Waals surface area contributed by atoms with Gasteiger partial charge < -0.3 is 34.8 Å². The van der Waals surface area contributed by atoms with Crippen LogP contribution in [0.4, 0.5) is 0 Å². The maximum Gasteiger partial charge on any atom is 0.0968 e. The van der Waals surface area contributed by atoms with E-state index >= 15 is 0 Å². The van der Waals surface area contributed by atoms with Gasteiger partial charge in [0.2, 0.25) is 0 Å². The van der Waals surface area contributed by atoms with Crippen molar-refractivity contribution in [2.75, 3.05) is 151 Å². The predicted octanol–water partition coefficient (Wildman–Crippen LogP) is 9.30. The Balaban J connectivity index is 0.000000182. The molecule has 6 aliphatic heterocycles. The highest BCUT2D eigenvalue weighted by atomic mass is 16.5. The molecule has 6 aromatic rings. The summed E-state index contributed by atoms with van der Waals surface area (Å²) in [5.74, 6) is 2.74. The topological polar surface area (TPSA) is 157 Å². The number of ether oxygens (including phenoxy) is 1. The molecule has 4 N–H and O–H groups in total. The fourth-order valence-electron chi connectivity index (χ4n) is 14.1. The van der Waals surface area contributed by atoms with Gasteiger partial charge in [-0.05, 0) is 93.6 Å². The van der Waals surface area contributed by atoms with Gasteiger partial charge in [-0.2, -0.15) is 15.3 Å². The summed E-state index contributed by atoms with van der Waals surface area (Å²) in [5.41, 5.74) is 10.6. The quantitative estimate of drug-likeness (QED) is 0.0646. The lowest BCUT2D eigenvalue weighted by molar-refractivity contribution is 0.0264. The number of likely N-dealkylation sites (tertiary alicyclic amines) is 4. The Morgan fingerprint density at radius 2 is 0.798 bits per heavy atom. The second-order valence-electron chi connectivity index (χ2n) is 25.0. The average molecular weight is 1230 g/mol. The number of aromatic nitrogens is 6. The van der Waals surface area contributed by atoms with Gasteiger partial charge in [0.1, 0.15) is 0 Å². The summed E-state index contributed by atoms with van der Waals surface area (Å²) in [6.07, 6.45) is 12.9. The third-order valence-electron chi connectivity index (χ3n) is 18.6. The van der Waals surface area contributed by atoms with E-state index in [0.717, 1.165) is 141 Å². The van der Waals surface area contributed by atoms with Crippen LogP contribution in [0.25, 0.3) is 33.8 Å². The highest BCUT2D eigenvalue weighted by molar-refractivity contribution is 5.64. The molecule has 9 heterocycles. The molecule has 6 aliphatic rings. The average Bonchev–Trinajstić information content (AvgIpc) is 3.83. The van der Waals surface area contributed by atoms with Crippen molar-refractivity contribution in [2.24, 2.45) is 49.6 Å². The Morgan fingerprint density at radius 3 is 1.24 bits per heavy atom. The molecule has 0 saturated carbocycles. The van der Waals surface area contributed by atoms with Crippen LogP contribution in [-0.4, -0.2) is 231 Å². The van der Waals surface area contributed by atoms with Gasteiger partial charge in [-0.25, -0.2) is 0 Å². The summed E-state index contributed by atoms with van der Waals surface area (Å²) < 4.78 is 9.29. The summed E-state index contributed by atoms with van der Waals surface area (Å²) in [6, 6.07) is 31.3. The molecule has 3 aromatic carbocycles. The molecule has 89 heavy (non-hydrogen) atoms. The minimum Gasteiger partial charge on any atom is -0.396 e. The number of H-pyrrole nitrogens is 1. The lowest BCUT2D eigenvalue weighted by atomic mass is 9.96. The largest absolute Gasteiger partial charge is 0.396 e. The van der Waals surface area contributed by atoms with Crippen LogP contribution in [0, 0.1) is 35.5 Å². The van der Waals surface area contributed by atoms with Crippen molar-refractivity contribution in [3.05, 3.63) is 126 Å². The monoisotopic (exact) mass is 1230 g/mol. The molecule has 492 valence electrons. The lowest BCUT2D eigenvalue weighted by Crippen LogP contribution is -2.41. The molecular weight excluding hydrogens is 1110 g/mol. The summed E-state index contributed by atoms with van der Waals surface area (Å²) in [7, 11) is 6.20. The van der Waals surface area contributed by atoms with E-state index in [4.69, 9.17) is 14.9 Å². The number of hydrogen-bond acceptors (Lipinski definition) is 14. The van der Waals surface area contributed by atoms with Crippen LogP contribution in [0.1, 0.15) is 90.3 Å². The Labute approximate surface area is 536 Å². The minimum absolute atomic E-state index is 0.268. The standard InChI is InChI=1S/C23H34N4O.C22H33N5O.C21H30N4O2.3C2H6/c1-25-13-21(23(24-25)19-9-5-4-6-10-19)16-27-15-20(22(17-27)18-28)14-26-11-7-2-3-8-12-26;1-25-8-5-9-26(11-10-25)14-20-15-27(16-21(20)17-28)13-19-12-23-24-22(19)18-6-3-2-4-7-18;1-23-11-19(21(22-23)17-5-3-2-4-6-17)14-25-13-18(20(15-25)16-26)12-24-7-9-27-10-8-24;3*1-2/h4-6,9-10,13,20,22,28H,2-3,7-8,11-12,14-18H2,1H3;2-4,6-7,12,20-21,28H,5,8-11,13-17H2,1H3,(H,23,24);2-6,11,18,20,26H,7-10,12-16H2,1H3;3*1-2H3. The maximum atomic E-state index is 9.98. The van der Waals surface area contributed by atoms with E-state index in [-0.39, 0.29) is 13.2 Å². The van der Waals surface area contributed by atoms with Crippen molar-refractivity contribution in [2.45, 2.75) is 93.3 Å². The number of morpholine rings is 1. The first-order valence-corrected chi connectivity index (χ1v) is 34.3. The number of aliphatic hydroxyl groups excluding tert-OH is 3. The normalized spacial score (nSPS) is 23.3. The van der Waals surface area contributed by atoms with E-state index in [2.05, 4.69) is 137 Å². The van der Waals surface area contributed by atoms with Gasteiger partial charge in [0.15, 0.2) is 0 Å². The van der Waals surface area contributed by atoms with Crippen LogP contribution >= 0.6 is 0 Å². The molecule has 17 heteroatoms. The summed E-state index contributed by atoms with van der Waals surface area (Å²) >= 11 is 0. The van der Waals surface area contributed by atoms with E-state index in [9.17, 15) is 15.3 Å². The highest BCUT2D eigenvalue weighted by Crippen LogP contribution is 2.33. The fourth-order valence-corrected chi connectivity index (χ4v) is 14.1. The molecule has 6 unspecified atom stereocenters. The van der Waals surface area contributed by atoms with Gasteiger partial charge in [0.05, 0.1) is 36.5 Å². The second kappa shape index (κ2) is 38.6. The van der Waals surface area contributed by atoms with E-state index in [1.54, 1.807) is 0 Å². The summed E-state index contributed by atoms with van der Waals surface area (Å²) in [4.78, 5) is 17.7. The Kier molecular flexibility index (Phi) is 31.0. The Morgan fingerprint density at radius 1 is 0.416 bits per heavy atom. The van der Waals surface area contributed by atoms with E-state index in [0.29, 0.717) is 42.1 Å². The molecule has 0 aliphatic carbocycles. The van der Waals surface area contributed by atoms with Crippen LogP contribution in [0.3, 0.4) is 0 Å². The SMILES string of the molecule is CC.CC.CC.CN1CCCN(CC2CN(Cc3cn[nH]c3-c3ccccc3)CC2CO)CC1.Cn1cc(CN2CC(CO)C(CN3CCCCCC3)C2)c(-c2ccccc2)n1.Cn1cc(CN2CC(CO)C(CN3CCOCC3)C2)c(-c2ccccc2)n1. The Hall–Kier alpha value is -5.15. The van der Waals surface area contributed by atoms with Crippen LogP contribution in [0.5, 0.6) is 0 Å². The first-order valence-electron chi connectivity index (χ1n) is 34.3. The Bertz CT molecular complexity index is 2800. The van der Waals surface area contributed by atoms with Crippen molar-refractivity contribution in [1.82, 2.24) is 64.1 Å². The van der Waals surface area contributed by atoms with Gasteiger partial charge in [-0.15, -0.1) is 0 Å². The van der Waals surface area contributed by atoms with E-state index < -0.39 is 0 Å². The fraction of sp³-hybridized carbons (Fsp3) is 0.625. The number of aryl methyl sites for hydroxylation is 2. The van der Waals surface area contributed by atoms with Crippen molar-refractivity contribution >= 4 is 0 Å². The number of aromatic amines is 1. The smallest absolute Gasteiger partial charge is 0.0968 e. The molecule has 6 atom stereocenters. The third kappa shape index (κ3) is 21.5. The molecule has 17 nitrogen and oxygen atoms in total. The third-order valence-corrected chi connectivity index (χ3v) is 18.6. The van der Waals surface area contributed by atoms with Crippen molar-refractivity contribution in [1.29, 1.82) is 0 Å². The zero-order valence-electron chi connectivity index (χ0n) is 56.2. The number of rotatable bonds is 18. The van der Waals surface area contributed by atoms with Gasteiger partial charge in [-0.3, -0.25) is 34.1 Å². The number of nitrogens with zero attached hydrogens (tertiary/aromatic N) is 12. The van der Waals surface area contributed by atoms with Crippen LogP contribution in [0.2, 0.25) is 0 Å². The zero-order chi connectivity index (χ0) is 63.3. The highest BCUT2D eigenvalue weighted by Gasteiger charge is 2.37. The molecule has 12 rings (SSSR count). The molecule has 0 radical (unpaired) electrons. The van der Waals surface area contributed by atoms with Gasteiger partial charge in [0, 0.05) is 179 Å². The molecule has 6 saturated heterocycles. The second-order valence-corrected chi connectivity index (χ2v) is 25.0. The van der Waals surface area contributed by atoms with Crippen LogP contribution in [-0.2, 0) is 38.5 Å². The maximum absolute atomic E-state index is 9.98. The van der Waals surface area contributed by atoms with Crippen molar-refractivity contribution in [3.63, 3.8) is 0 Å². The molecule has 0 amide bonds. The number of benzene rings is 3. The van der Waals surface area contributed by atoms with Gasteiger partial charge in [-0.1, -0.05) is 145 Å². The molecule has 6 fully saturated rings. The van der Waals surface area contributed by atoms with Crippen molar-refractivity contribution < 1.29 is 20.1 Å². The van der Waals surface area contributed by atoms with Gasteiger partial charge in [0.25, 0.3) is 0 Å². The zero-order valence-corrected chi connectivity index (χ0v) is 56.2. The number of aliphatic hydroxyl groups is 3. The molecule has 0 spiro atoms. The van der Waals surface area contributed by atoms with E-state index in [1.807, 2.05) is 89.4 Å². The summed E-state index contributed by atoms with van der Waals surface area (Å²) in [5, 5.41) is 46.7. The number of likely N-dealkylation sites (N-methyl/N-ethyl adjacent to an activating group) is 1. The first-order chi connectivity index (χ1) is 43.7. The van der Waals surface area contributed by atoms with Gasteiger partial charge >= 0.3 is 0 Å². The minimum atomic E-state index is 0.268. The van der Waals surface area contributed by atoms with Crippen LogP contribution in [0.15, 0.2) is 110 Å². The predicted molar refractivity (Wildman–Crippen MR) is 364 cm³/mol. The number of hydrogen-bond donors (Lipinski definition) is 4. The lowest BCUT2D eigenvalue weighted by Gasteiger charge is -2.30.